The number of amides is 2. The van der Waals surface area contributed by atoms with E-state index < -0.39 is 23.7 Å². The lowest BCUT2D eigenvalue weighted by atomic mass is 9.90. The molecule has 0 aliphatic carbocycles. The fraction of sp³-hybridized carbons (Fsp3) is 0.778. The van der Waals surface area contributed by atoms with Crippen LogP contribution in [0.2, 0.25) is 0 Å². The maximum Gasteiger partial charge on any atom is 0.355 e. The van der Waals surface area contributed by atoms with Crippen molar-refractivity contribution in [3.63, 3.8) is 0 Å². The summed E-state index contributed by atoms with van der Waals surface area (Å²) < 4.78 is 0. The molecule has 1 aliphatic heterocycles. The Hall–Kier alpha value is -2.08. The summed E-state index contributed by atoms with van der Waals surface area (Å²) in [6, 6.07) is -1.03. The summed E-state index contributed by atoms with van der Waals surface area (Å²) in [4.78, 5) is 48.8. The minimum atomic E-state index is -1.14. The average molecular weight is 554 g/mol. The molecule has 0 bridgehead atoms. The minimum absolute atomic E-state index is 0.0626. The molecule has 1 aromatic rings. The molecule has 1 aliphatic rings. The smallest absolute Gasteiger partial charge is 0.355 e. The molecular weight excluding hydrogens is 506 g/mol. The first-order valence-corrected chi connectivity index (χ1v) is 14.5. The molecule has 1 unspecified atom stereocenters. The first-order chi connectivity index (χ1) is 17.7. The van der Waals surface area contributed by atoms with Gasteiger partial charge in [-0.25, -0.2) is 9.78 Å². The van der Waals surface area contributed by atoms with E-state index in [1.165, 1.54) is 5.38 Å². The number of carbonyl (C=O) groups excluding carboxylic acids is 2. The number of aromatic carboxylic acids is 1. The highest BCUT2D eigenvalue weighted by Crippen LogP contribution is 2.29. The topological polar surface area (TPSA) is 126 Å². The number of hydrogen-bond acceptors (Lipinski definition) is 8. The predicted molar refractivity (Wildman–Crippen MR) is 149 cm³/mol. The number of rotatable bonds is 13. The van der Waals surface area contributed by atoms with Gasteiger partial charge in [0.25, 0.3) is 0 Å². The number of carboxylic acids is 1. The highest BCUT2D eigenvalue weighted by molar-refractivity contribution is 7.09. The van der Waals surface area contributed by atoms with Crippen molar-refractivity contribution in [2.45, 2.75) is 84.5 Å². The Kier molecular flexibility index (Phi) is 11.7. The normalized spacial score (nSPS) is 19.3. The summed E-state index contributed by atoms with van der Waals surface area (Å²) in [5.74, 6) is -1.52. The summed E-state index contributed by atoms with van der Waals surface area (Å²) in [5, 5.41) is 24.9. The van der Waals surface area contributed by atoms with Gasteiger partial charge in [-0.15, -0.1) is 11.3 Å². The highest BCUT2D eigenvalue weighted by Gasteiger charge is 2.40. The van der Waals surface area contributed by atoms with Crippen LogP contribution < -0.4 is 5.32 Å². The number of aromatic nitrogens is 1. The van der Waals surface area contributed by atoms with Gasteiger partial charge in [0, 0.05) is 51.1 Å². The van der Waals surface area contributed by atoms with Crippen molar-refractivity contribution in [3.05, 3.63) is 16.1 Å². The third kappa shape index (κ3) is 7.74. The summed E-state index contributed by atoms with van der Waals surface area (Å²) in [7, 11) is 3.80. The maximum atomic E-state index is 13.9. The molecule has 2 rings (SSSR count). The molecule has 38 heavy (non-hydrogen) atoms. The number of thiazole rings is 1. The lowest BCUT2D eigenvalue weighted by Gasteiger charge is -2.43. The molecule has 3 N–H and O–H groups in total. The van der Waals surface area contributed by atoms with Crippen LogP contribution in [0.3, 0.4) is 0 Å². The highest BCUT2D eigenvalue weighted by atomic mass is 32.1. The molecule has 1 fully saturated rings. The Morgan fingerprint density at radius 2 is 1.71 bits per heavy atom. The number of carbonyl (C=O) groups is 3. The van der Waals surface area contributed by atoms with Crippen LogP contribution in [-0.2, 0) is 9.59 Å². The summed E-state index contributed by atoms with van der Waals surface area (Å²) in [5.41, 5.74) is -0.860. The largest absolute Gasteiger partial charge is 0.476 e. The van der Waals surface area contributed by atoms with Gasteiger partial charge in [0.05, 0.1) is 5.54 Å². The summed E-state index contributed by atoms with van der Waals surface area (Å²) >= 11 is 1.10. The molecule has 2 heterocycles. The van der Waals surface area contributed by atoms with Crippen LogP contribution in [0.1, 0.15) is 82.4 Å². The standard InChI is InChI=1S/C27H47N5O5S/c1-9-17(3)20(15-21(33)23-28-19(16-38-23)25(35)36)31(8)24(34)22(18(4)10-2)29-26(37)27(5,6)32-13-11-30(7)12-14-32/h16-18,20-22,33H,9-15H2,1-8H3,(H,29,37)(H,35,36)/t17?,18-,20+,21+,22-/m0/s1. The zero-order valence-corrected chi connectivity index (χ0v) is 25.0. The lowest BCUT2D eigenvalue weighted by Crippen LogP contribution is -2.63. The molecule has 0 spiro atoms. The van der Waals surface area contributed by atoms with Crippen molar-refractivity contribution in [1.82, 2.24) is 25.0 Å². The van der Waals surface area contributed by atoms with Gasteiger partial charge in [-0.1, -0.05) is 40.5 Å². The van der Waals surface area contributed by atoms with Crippen LogP contribution in [-0.4, -0.2) is 106 Å². The van der Waals surface area contributed by atoms with Gasteiger partial charge in [-0.2, -0.15) is 0 Å². The van der Waals surface area contributed by atoms with Gasteiger partial charge in [0.2, 0.25) is 11.8 Å². The Bertz CT molecular complexity index is 946. The summed E-state index contributed by atoms with van der Waals surface area (Å²) in [6.45, 7) is 15.2. The summed E-state index contributed by atoms with van der Waals surface area (Å²) in [6.07, 6.45) is 0.713. The van der Waals surface area contributed by atoms with Gasteiger partial charge in [0.15, 0.2) is 5.69 Å². The van der Waals surface area contributed by atoms with Crippen molar-refractivity contribution in [2.75, 3.05) is 40.3 Å². The number of aliphatic hydroxyl groups is 1. The van der Waals surface area contributed by atoms with Crippen molar-refractivity contribution in [2.24, 2.45) is 11.8 Å². The van der Waals surface area contributed by atoms with Crippen molar-refractivity contribution in [3.8, 4) is 0 Å². The molecule has 5 atom stereocenters. The van der Waals surface area contributed by atoms with Crippen LogP contribution in [0.5, 0.6) is 0 Å². The monoisotopic (exact) mass is 553 g/mol. The predicted octanol–water partition coefficient (Wildman–Crippen LogP) is 2.69. The van der Waals surface area contributed by atoms with Crippen molar-refractivity contribution in [1.29, 1.82) is 0 Å². The molecule has 0 saturated carbocycles. The molecule has 0 aromatic carbocycles. The number of piperazine rings is 1. The second-order valence-corrected chi connectivity index (χ2v) is 12.1. The number of likely N-dealkylation sites (N-methyl/N-ethyl adjacent to an activating group) is 2. The van der Waals surface area contributed by atoms with Crippen molar-refractivity contribution >= 4 is 29.1 Å². The fourth-order valence-electron chi connectivity index (χ4n) is 4.81. The van der Waals surface area contributed by atoms with Crippen molar-refractivity contribution < 1.29 is 24.6 Å². The van der Waals surface area contributed by atoms with E-state index in [0.717, 1.165) is 43.9 Å². The molecule has 1 saturated heterocycles. The quantitative estimate of drug-likeness (QED) is 0.340. The van der Waals surface area contributed by atoms with Crippen LogP contribution in [0.15, 0.2) is 5.38 Å². The van der Waals surface area contributed by atoms with Gasteiger partial charge in [-0.05, 0) is 32.7 Å². The van der Waals surface area contributed by atoms with Crippen LogP contribution in [0.25, 0.3) is 0 Å². The molecular formula is C27H47N5O5S. The third-order valence-corrected chi connectivity index (χ3v) is 9.20. The Balaban J connectivity index is 2.23. The molecule has 10 nitrogen and oxygen atoms in total. The third-order valence-electron chi connectivity index (χ3n) is 8.25. The number of aliphatic hydroxyl groups excluding tert-OH is 1. The fourth-order valence-corrected chi connectivity index (χ4v) is 5.60. The zero-order valence-electron chi connectivity index (χ0n) is 24.2. The van der Waals surface area contributed by atoms with Crippen LogP contribution >= 0.6 is 11.3 Å². The van der Waals surface area contributed by atoms with E-state index >= 15 is 0 Å². The van der Waals surface area contributed by atoms with E-state index in [0.29, 0.717) is 11.4 Å². The van der Waals surface area contributed by atoms with Crippen LogP contribution in [0.4, 0.5) is 0 Å². The number of nitrogens with one attached hydrogen (secondary N) is 1. The van der Waals surface area contributed by atoms with E-state index in [9.17, 15) is 24.6 Å². The molecule has 11 heteroatoms. The van der Waals surface area contributed by atoms with E-state index in [2.05, 4.69) is 27.1 Å². The second-order valence-electron chi connectivity index (χ2n) is 11.2. The van der Waals surface area contributed by atoms with E-state index in [-0.39, 0.29) is 41.8 Å². The average Bonchev–Trinajstić information content (AvgIpc) is 3.39. The SMILES string of the molecule is CCC(C)[C@@H](C[C@@H](O)c1nc(C(=O)O)cs1)N(C)C(=O)[C@@H](NC(=O)C(C)(C)N1CCN(C)CC1)[C@@H](C)CC. The first kappa shape index (κ1) is 32.1. The molecule has 2 amide bonds. The number of hydrogen-bond donors (Lipinski definition) is 3. The maximum absolute atomic E-state index is 13.9. The number of nitrogens with zero attached hydrogens (tertiary/aromatic N) is 4. The number of carboxylic acid groups (broad SMARTS) is 1. The molecule has 1 aromatic heterocycles. The van der Waals surface area contributed by atoms with Gasteiger partial charge < -0.3 is 25.3 Å². The van der Waals surface area contributed by atoms with Gasteiger partial charge in [-0.3, -0.25) is 14.5 Å². The van der Waals surface area contributed by atoms with Crippen LogP contribution in [0, 0.1) is 11.8 Å². The van der Waals surface area contributed by atoms with Gasteiger partial charge >= 0.3 is 5.97 Å². The first-order valence-electron chi connectivity index (χ1n) is 13.6. The van der Waals surface area contributed by atoms with Gasteiger partial charge in [0.1, 0.15) is 17.2 Å². The zero-order chi connectivity index (χ0) is 28.8. The minimum Gasteiger partial charge on any atom is -0.476 e. The Labute approximate surface area is 231 Å². The second kappa shape index (κ2) is 13.8. The molecule has 216 valence electrons. The van der Waals surface area contributed by atoms with E-state index in [1.807, 2.05) is 41.5 Å². The Morgan fingerprint density at radius 1 is 1.13 bits per heavy atom. The van der Waals surface area contributed by atoms with E-state index in [4.69, 9.17) is 0 Å². The Morgan fingerprint density at radius 3 is 2.21 bits per heavy atom. The lowest BCUT2D eigenvalue weighted by molar-refractivity contribution is -0.143. The van der Waals surface area contributed by atoms with E-state index in [1.54, 1.807) is 11.9 Å². The molecule has 0 radical (unpaired) electrons.